The summed E-state index contributed by atoms with van der Waals surface area (Å²) in [6.07, 6.45) is 1.17. The molecule has 0 spiro atoms. The molecule has 3 aromatic rings. The van der Waals surface area contributed by atoms with Crippen LogP contribution in [0.2, 0.25) is 10.0 Å². The smallest absolute Gasteiger partial charge is 0.251 e. The molecule has 0 aliphatic carbocycles. The number of sulfonamides is 1. The summed E-state index contributed by atoms with van der Waals surface area (Å²) < 4.78 is 26.0. The summed E-state index contributed by atoms with van der Waals surface area (Å²) in [4.78, 5) is 12.4. The number of thioether (sulfide) groups is 1. The van der Waals surface area contributed by atoms with Gasteiger partial charge in [-0.2, -0.15) is 11.8 Å². The van der Waals surface area contributed by atoms with Crippen LogP contribution in [0.1, 0.15) is 21.5 Å². The van der Waals surface area contributed by atoms with Gasteiger partial charge in [0.05, 0.1) is 28.5 Å². The molecule has 9 heteroatoms. The Balaban J connectivity index is 1.52. The summed E-state index contributed by atoms with van der Waals surface area (Å²) in [5.74, 6) is 1.30. The molecule has 1 N–H and O–H groups in total. The highest BCUT2D eigenvalue weighted by atomic mass is 35.5. The topological polar surface area (TPSA) is 66.5 Å². The van der Waals surface area contributed by atoms with Crippen molar-refractivity contribution in [3.05, 3.63) is 99.5 Å². The van der Waals surface area contributed by atoms with E-state index in [2.05, 4.69) is 5.32 Å². The lowest BCUT2D eigenvalue weighted by Crippen LogP contribution is -2.29. The van der Waals surface area contributed by atoms with Gasteiger partial charge in [0.25, 0.3) is 5.91 Å². The van der Waals surface area contributed by atoms with E-state index in [-0.39, 0.29) is 12.5 Å². The van der Waals surface area contributed by atoms with Crippen LogP contribution in [0.25, 0.3) is 0 Å². The molecule has 1 amide bonds. The standard InChI is InChI=1S/C24H24Cl2N2O3S2/c1-33(30,31)28(16-18-5-3-2-4-6-18)21-10-8-20(9-11-21)24(29)27-13-14-32-17-19-7-12-22(25)23(26)15-19/h2-12,15H,13-14,16-17H2,1H3,(H,27,29). The second-order valence-corrected chi connectivity index (χ2v) is 11.2. The van der Waals surface area contributed by atoms with Gasteiger partial charge in [-0.05, 0) is 47.5 Å². The van der Waals surface area contributed by atoms with Crippen molar-refractivity contribution in [3.8, 4) is 0 Å². The molecule has 0 heterocycles. The van der Waals surface area contributed by atoms with E-state index in [0.717, 1.165) is 22.6 Å². The number of carbonyl (C=O) groups is 1. The summed E-state index contributed by atoms with van der Waals surface area (Å²) in [5.41, 5.74) is 2.93. The van der Waals surface area contributed by atoms with E-state index in [4.69, 9.17) is 23.2 Å². The maximum absolute atomic E-state index is 12.4. The maximum Gasteiger partial charge on any atom is 0.251 e. The Hall–Kier alpha value is -2.19. The van der Waals surface area contributed by atoms with E-state index in [0.29, 0.717) is 27.8 Å². The number of nitrogens with zero attached hydrogens (tertiary/aromatic N) is 1. The SMILES string of the molecule is CS(=O)(=O)N(Cc1ccccc1)c1ccc(C(=O)NCCSCc2ccc(Cl)c(Cl)c2)cc1. The highest BCUT2D eigenvalue weighted by molar-refractivity contribution is 7.98. The fourth-order valence-corrected chi connectivity index (χ4v) is 5.10. The second kappa shape index (κ2) is 11.8. The zero-order chi connectivity index (χ0) is 23.8. The van der Waals surface area contributed by atoms with E-state index in [1.807, 2.05) is 42.5 Å². The van der Waals surface area contributed by atoms with Crippen LogP contribution in [0.5, 0.6) is 0 Å². The van der Waals surface area contributed by atoms with Crippen LogP contribution in [-0.4, -0.2) is 32.9 Å². The number of benzene rings is 3. The minimum absolute atomic E-state index is 0.203. The fourth-order valence-electron chi connectivity index (χ4n) is 3.09. The molecule has 5 nitrogen and oxygen atoms in total. The Morgan fingerprint density at radius 1 is 0.939 bits per heavy atom. The van der Waals surface area contributed by atoms with Crippen LogP contribution in [0.4, 0.5) is 5.69 Å². The molecule has 0 aromatic heterocycles. The Morgan fingerprint density at radius 3 is 2.27 bits per heavy atom. The molecule has 0 atom stereocenters. The average molecular weight is 524 g/mol. The summed E-state index contributed by atoms with van der Waals surface area (Å²) in [5, 5.41) is 3.95. The number of halogens is 2. The van der Waals surface area contributed by atoms with Gasteiger partial charge in [-0.1, -0.05) is 59.6 Å². The van der Waals surface area contributed by atoms with Gasteiger partial charge in [-0.3, -0.25) is 9.10 Å². The van der Waals surface area contributed by atoms with Crippen molar-refractivity contribution in [2.45, 2.75) is 12.3 Å². The van der Waals surface area contributed by atoms with Gasteiger partial charge in [-0.15, -0.1) is 0 Å². The molecule has 0 bridgehead atoms. The van der Waals surface area contributed by atoms with E-state index >= 15 is 0 Å². The first-order chi connectivity index (χ1) is 15.7. The lowest BCUT2D eigenvalue weighted by atomic mass is 10.2. The van der Waals surface area contributed by atoms with Crippen molar-refractivity contribution >= 4 is 56.6 Å². The zero-order valence-electron chi connectivity index (χ0n) is 18.0. The van der Waals surface area contributed by atoms with Gasteiger partial charge < -0.3 is 5.32 Å². The molecule has 0 fully saturated rings. The number of hydrogen-bond donors (Lipinski definition) is 1. The number of amides is 1. The number of anilines is 1. The van der Waals surface area contributed by atoms with E-state index in [1.54, 1.807) is 42.1 Å². The third-order valence-corrected chi connectivity index (χ3v) is 7.68. The van der Waals surface area contributed by atoms with Crippen LogP contribution in [-0.2, 0) is 22.3 Å². The molecule has 0 radical (unpaired) electrons. The van der Waals surface area contributed by atoms with Crippen molar-refractivity contribution in [2.24, 2.45) is 0 Å². The predicted octanol–water partition coefficient (Wildman–Crippen LogP) is 5.62. The summed E-state index contributed by atoms with van der Waals surface area (Å²) in [7, 11) is -3.48. The van der Waals surface area contributed by atoms with Crippen molar-refractivity contribution in [2.75, 3.05) is 22.9 Å². The zero-order valence-corrected chi connectivity index (χ0v) is 21.1. The first-order valence-corrected chi connectivity index (χ1v) is 13.9. The predicted molar refractivity (Wildman–Crippen MR) is 139 cm³/mol. The number of carbonyl (C=O) groups excluding carboxylic acids is 1. The Kier molecular flexibility index (Phi) is 9.09. The average Bonchev–Trinajstić information content (AvgIpc) is 2.79. The molecule has 3 rings (SSSR count). The van der Waals surface area contributed by atoms with Gasteiger partial charge >= 0.3 is 0 Å². The van der Waals surface area contributed by atoms with Crippen LogP contribution in [0.15, 0.2) is 72.8 Å². The summed E-state index contributed by atoms with van der Waals surface area (Å²) in [6.45, 7) is 0.733. The minimum Gasteiger partial charge on any atom is -0.351 e. The Morgan fingerprint density at radius 2 is 1.64 bits per heavy atom. The number of nitrogens with one attached hydrogen (secondary N) is 1. The molecular weight excluding hydrogens is 499 g/mol. The monoisotopic (exact) mass is 522 g/mol. The van der Waals surface area contributed by atoms with Crippen molar-refractivity contribution in [1.82, 2.24) is 5.32 Å². The second-order valence-electron chi connectivity index (χ2n) is 7.36. The van der Waals surface area contributed by atoms with Crippen molar-refractivity contribution in [1.29, 1.82) is 0 Å². The first-order valence-electron chi connectivity index (χ1n) is 10.2. The van der Waals surface area contributed by atoms with Gasteiger partial charge in [0.1, 0.15) is 0 Å². The van der Waals surface area contributed by atoms with Crippen LogP contribution in [0, 0.1) is 0 Å². The highest BCUT2D eigenvalue weighted by Gasteiger charge is 2.18. The van der Waals surface area contributed by atoms with Gasteiger partial charge in [0.15, 0.2) is 0 Å². The molecule has 3 aromatic carbocycles. The van der Waals surface area contributed by atoms with Crippen molar-refractivity contribution < 1.29 is 13.2 Å². The Bertz CT molecular complexity index is 1190. The maximum atomic E-state index is 12.4. The van der Waals surface area contributed by atoms with Crippen molar-refractivity contribution in [3.63, 3.8) is 0 Å². The normalized spacial score (nSPS) is 11.2. The van der Waals surface area contributed by atoms with Gasteiger partial charge in [-0.25, -0.2) is 8.42 Å². The van der Waals surface area contributed by atoms with Crippen LogP contribution >= 0.6 is 35.0 Å². The molecule has 33 heavy (non-hydrogen) atoms. The van der Waals surface area contributed by atoms with E-state index in [9.17, 15) is 13.2 Å². The Labute approximate surface area is 209 Å². The third kappa shape index (κ3) is 7.67. The molecule has 0 unspecified atom stereocenters. The van der Waals surface area contributed by atoms with Crippen LogP contribution in [0.3, 0.4) is 0 Å². The van der Waals surface area contributed by atoms with E-state index < -0.39 is 10.0 Å². The summed E-state index contributed by atoms with van der Waals surface area (Å²) >= 11 is 13.6. The first kappa shape index (κ1) is 25.4. The molecule has 0 aliphatic heterocycles. The fraction of sp³-hybridized carbons (Fsp3) is 0.208. The molecule has 0 saturated heterocycles. The molecule has 174 valence electrons. The lowest BCUT2D eigenvalue weighted by Gasteiger charge is -2.22. The van der Waals surface area contributed by atoms with Gasteiger partial charge in [0, 0.05) is 23.6 Å². The minimum atomic E-state index is -3.48. The lowest BCUT2D eigenvalue weighted by molar-refractivity contribution is 0.0956. The van der Waals surface area contributed by atoms with Crippen LogP contribution < -0.4 is 9.62 Å². The summed E-state index contributed by atoms with van der Waals surface area (Å²) in [6, 6.07) is 21.5. The number of hydrogen-bond acceptors (Lipinski definition) is 4. The van der Waals surface area contributed by atoms with E-state index in [1.165, 1.54) is 10.6 Å². The third-order valence-electron chi connectivity index (χ3n) is 4.77. The van der Waals surface area contributed by atoms with Gasteiger partial charge in [0.2, 0.25) is 10.0 Å². The largest absolute Gasteiger partial charge is 0.351 e. The number of rotatable bonds is 10. The quantitative estimate of drug-likeness (QED) is 0.350. The molecule has 0 aliphatic rings. The highest BCUT2D eigenvalue weighted by Crippen LogP contribution is 2.25. The molecular formula is C24H24Cl2N2O3S2. The molecule has 0 saturated carbocycles.